The summed E-state index contributed by atoms with van der Waals surface area (Å²) in [6.45, 7) is 2.92. The zero-order valence-electron chi connectivity index (χ0n) is 11.7. The number of aliphatic hydroxyl groups is 1. The molecule has 1 aromatic rings. The van der Waals surface area contributed by atoms with E-state index >= 15 is 0 Å². The van der Waals surface area contributed by atoms with Crippen molar-refractivity contribution in [1.82, 2.24) is 9.47 Å². The molecule has 0 bridgehead atoms. The molecule has 0 spiro atoms. The molecule has 1 atom stereocenters. The van der Waals surface area contributed by atoms with Gasteiger partial charge in [0.05, 0.1) is 5.60 Å². The molecule has 1 aliphatic rings. The summed E-state index contributed by atoms with van der Waals surface area (Å²) in [6, 6.07) is 2.88. The maximum absolute atomic E-state index is 12.2. The highest BCUT2D eigenvalue weighted by Gasteiger charge is 2.27. The minimum absolute atomic E-state index is 0.00792. The Balaban J connectivity index is 2.05. The molecule has 0 aliphatic carbocycles. The number of amides is 1. The second kappa shape index (κ2) is 5.66. The van der Waals surface area contributed by atoms with Gasteiger partial charge in [-0.1, -0.05) is 0 Å². The van der Waals surface area contributed by atoms with Gasteiger partial charge in [0, 0.05) is 31.0 Å². The van der Waals surface area contributed by atoms with Crippen molar-refractivity contribution in [2.75, 3.05) is 18.8 Å². The summed E-state index contributed by atoms with van der Waals surface area (Å²) in [5, 5.41) is 10.0. The van der Waals surface area contributed by atoms with Crippen LogP contribution in [0.1, 0.15) is 26.2 Å². The maximum Gasteiger partial charge on any atom is 0.251 e. The third kappa shape index (κ3) is 3.60. The second-order valence-corrected chi connectivity index (χ2v) is 5.66. The first-order chi connectivity index (χ1) is 9.37. The lowest BCUT2D eigenvalue weighted by Gasteiger charge is -2.23. The molecular formula is C14H21N3O3. The van der Waals surface area contributed by atoms with E-state index in [4.69, 9.17) is 5.73 Å². The topological polar surface area (TPSA) is 88.6 Å². The van der Waals surface area contributed by atoms with Gasteiger partial charge in [-0.3, -0.25) is 9.59 Å². The fourth-order valence-electron chi connectivity index (χ4n) is 2.43. The van der Waals surface area contributed by atoms with Gasteiger partial charge in [0.15, 0.2) is 0 Å². The largest absolute Gasteiger partial charge is 0.398 e. The molecule has 3 N–H and O–H groups in total. The van der Waals surface area contributed by atoms with E-state index in [1.54, 1.807) is 11.8 Å². The van der Waals surface area contributed by atoms with Gasteiger partial charge in [-0.25, -0.2) is 0 Å². The molecule has 1 amide bonds. The van der Waals surface area contributed by atoms with E-state index in [2.05, 4.69) is 0 Å². The Bertz CT molecular complexity index is 551. The Morgan fingerprint density at radius 1 is 1.40 bits per heavy atom. The second-order valence-electron chi connectivity index (χ2n) is 5.66. The first-order valence-electron chi connectivity index (χ1n) is 6.83. The van der Waals surface area contributed by atoms with E-state index in [-0.39, 0.29) is 18.0 Å². The molecule has 0 aromatic carbocycles. The lowest BCUT2D eigenvalue weighted by atomic mass is 9.98. The lowest BCUT2D eigenvalue weighted by Crippen LogP contribution is -2.37. The van der Waals surface area contributed by atoms with Crippen molar-refractivity contribution in [3.63, 3.8) is 0 Å². The van der Waals surface area contributed by atoms with Gasteiger partial charge in [-0.2, -0.15) is 0 Å². The van der Waals surface area contributed by atoms with Crippen molar-refractivity contribution in [2.45, 2.75) is 38.3 Å². The Hall–Kier alpha value is -1.82. The molecule has 110 valence electrons. The third-order valence-electron chi connectivity index (χ3n) is 3.73. The zero-order valence-corrected chi connectivity index (χ0v) is 11.7. The van der Waals surface area contributed by atoms with E-state index < -0.39 is 5.60 Å². The van der Waals surface area contributed by atoms with Gasteiger partial charge in [0.1, 0.15) is 6.54 Å². The Morgan fingerprint density at radius 2 is 2.15 bits per heavy atom. The van der Waals surface area contributed by atoms with Crippen LogP contribution in [0.5, 0.6) is 0 Å². The van der Waals surface area contributed by atoms with E-state index in [1.165, 1.54) is 22.9 Å². The predicted octanol–water partition coefficient (Wildman–Crippen LogP) is 0.194. The first kappa shape index (κ1) is 14.6. The van der Waals surface area contributed by atoms with Crippen LogP contribution in [0, 0.1) is 0 Å². The number of likely N-dealkylation sites (tertiary alicyclic amines) is 1. The Kier molecular flexibility index (Phi) is 4.13. The highest BCUT2D eigenvalue weighted by Crippen LogP contribution is 2.21. The van der Waals surface area contributed by atoms with E-state index in [1.807, 2.05) is 0 Å². The van der Waals surface area contributed by atoms with E-state index in [0.29, 0.717) is 31.6 Å². The minimum atomic E-state index is -0.705. The summed E-state index contributed by atoms with van der Waals surface area (Å²) < 4.78 is 1.32. The highest BCUT2D eigenvalue weighted by molar-refractivity contribution is 5.76. The molecule has 2 rings (SSSR count). The van der Waals surface area contributed by atoms with Crippen LogP contribution in [0.25, 0.3) is 0 Å². The van der Waals surface area contributed by atoms with E-state index in [9.17, 15) is 14.7 Å². The number of hydrogen-bond donors (Lipinski definition) is 2. The summed E-state index contributed by atoms with van der Waals surface area (Å²) in [6.07, 6.45) is 3.50. The number of pyridine rings is 1. The van der Waals surface area contributed by atoms with Crippen LogP contribution in [0.15, 0.2) is 23.1 Å². The van der Waals surface area contributed by atoms with Crippen molar-refractivity contribution in [3.8, 4) is 0 Å². The van der Waals surface area contributed by atoms with Crippen molar-refractivity contribution in [3.05, 3.63) is 28.7 Å². The molecule has 1 unspecified atom stereocenters. The fraction of sp³-hybridized carbons (Fsp3) is 0.571. The fourth-order valence-corrected chi connectivity index (χ4v) is 2.43. The predicted molar refractivity (Wildman–Crippen MR) is 76.2 cm³/mol. The van der Waals surface area contributed by atoms with Gasteiger partial charge < -0.3 is 20.3 Å². The highest BCUT2D eigenvalue weighted by atomic mass is 16.3. The Labute approximate surface area is 117 Å². The van der Waals surface area contributed by atoms with Crippen LogP contribution in [0.4, 0.5) is 5.69 Å². The van der Waals surface area contributed by atoms with Gasteiger partial charge in [0.2, 0.25) is 5.91 Å². The molecule has 6 heteroatoms. The molecular weight excluding hydrogens is 258 g/mol. The number of anilines is 1. The molecule has 6 nitrogen and oxygen atoms in total. The molecule has 1 aromatic heterocycles. The van der Waals surface area contributed by atoms with Gasteiger partial charge in [-0.15, -0.1) is 0 Å². The molecule has 2 heterocycles. The van der Waals surface area contributed by atoms with Gasteiger partial charge in [-0.05, 0) is 32.3 Å². The van der Waals surface area contributed by atoms with Crippen LogP contribution in [0.2, 0.25) is 0 Å². The van der Waals surface area contributed by atoms with Gasteiger partial charge in [0.25, 0.3) is 5.56 Å². The average Bonchev–Trinajstić information content (AvgIpc) is 2.55. The lowest BCUT2D eigenvalue weighted by molar-refractivity contribution is -0.132. The number of carbonyl (C=O) groups excluding carboxylic acids is 1. The number of hydrogen-bond acceptors (Lipinski definition) is 4. The number of carbonyl (C=O) groups is 1. The quantitative estimate of drug-likeness (QED) is 0.809. The summed E-state index contributed by atoms with van der Waals surface area (Å²) in [5.74, 6) is -0.115. The standard InChI is InChI=1S/C14H21N3O3/c1-14(20)5-2-7-16(8-6-14)13(19)10-17-9-11(15)3-4-12(17)18/h3-4,9,20H,2,5-8,10,15H2,1H3. The van der Waals surface area contributed by atoms with Crippen molar-refractivity contribution < 1.29 is 9.90 Å². The molecule has 20 heavy (non-hydrogen) atoms. The maximum atomic E-state index is 12.2. The van der Waals surface area contributed by atoms with Crippen molar-refractivity contribution >= 4 is 11.6 Å². The SMILES string of the molecule is CC1(O)CCCN(C(=O)Cn2cc(N)ccc2=O)CC1. The summed E-state index contributed by atoms with van der Waals surface area (Å²) in [4.78, 5) is 25.6. The minimum Gasteiger partial charge on any atom is -0.398 e. The zero-order chi connectivity index (χ0) is 14.8. The van der Waals surface area contributed by atoms with Crippen LogP contribution in [-0.2, 0) is 11.3 Å². The number of aromatic nitrogens is 1. The third-order valence-corrected chi connectivity index (χ3v) is 3.73. The molecule has 1 aliphatic heterocycles. The summed E-state index contributed by atoms with van der Waals surface area (Å²) >= 11 is 0. The first-order valence-corrected chi connectivity index (χ1v) is 6.83. The average molecular weight is 279 g/mol. The molecule has 0 saturated carbocycles. The molecule has 1 fully saturated rings. The van der Waals surface area contributed by atoms with Crippen LogP contribution >= 0.6 is 0 Å². The van der Waals surface area contributed by atoms with Crippen molar-refractivity contribution in [1.29, 1.82) is 0 Å². The number of rotatable bonds is 2. The monoisotopic (exact) mass is 279 g/mol. The van der Waals surface area contributed by atoms with Crippen LogP contribution < -0.4 is 11.3 Å². The van der Waals surface area contributed by atoms with Crippen LogP contribution in [-0.4, -0.2) is 39.2 Å². The summed E-state index contributed by atoms with van der Waals surface area (Å²) in [5.41, 5.74) is 5.13. The van der Waals surface area contributed by atoms with Crippen LogP contribution in [0.3, 0.4) is 0 Å². The Morgan fingerprint density at radius 3 is 2.90 bits per heavy atom. The smallest absolute Gasteiger partial charge is 0.251 e. The molecule has 1 saturated heterocycles. The van der Waals surface area contributed by atoms with Crippen molar-refractivity contribution in [2.24, 2.45) is 0 Å². The van der Waals surface area contributed by atoms with E-state index in [0.717, 1.165) is 6.42 Å². The summed E-state index contributed by atoms with van der Waals surface area (Å²) in [7, 11) is 0. The normalized spacial score (nSPS) is 23.4. The molecule has 0 radical (unpaired) electrons. The number of nitrogens with two attached hydrogens (primary N) is 1. The van der Waals surface area contributed by atoms with Gasteiger partial charge >= 0.3 is 0 Å². The number of nitrogen functional groups attached to an aromatic ring is 1. The number of nitrogens with zero attached hydrogens (tertiary/aromatic N) is 2.